The first-order chi connectivity index (χ1) is 16.8. The maximum absolute atomic E-state index is 13.1. The monoisotopic (exact) mass is 494 g/mol. The van der Waals surface area contributed by atoms with Gasteiger partial charge in [-0.05, 0) is 70.9 Å². The molecule has 1 aliphatic rings. The van der Waals surface area contributed by atoms with E-state index in [-0.39, 0.29) is 23.7 Å². The Hall–Kier alpha value is -4.18. The van der Waals surface area contributed by atoms with Gasteiger partial charge in [0.25, 0.3) is 16.8 Å². The number of nitro benzene ring substituents is 1. The van der Waals surface area contributed by atoms with Crippen LogP contribution in [0.4, 0.5) is 14.9 Å². The first kappa shape index (κ1) is 24.0. The zero-order valence-corrected chi connectivity index (χ0v) is 19.3. The summed E-state index contributed by atoms with van der Waals surface area (Å²) in [6, 6.07) is 16.7. The molecule has 0 aromatic heterocycles. The third-order valence-corrected chi connectivity index (χ3v) is 6.06. The quantitative estimate of drug-likeness (QED) is 0.230. The van der Waals surface area contributed by atoms with Gasteiger partial charge in [-0.15, -0.1) is 0 Å². The van der Waals surface area contributed by atoms with Gasteiger partial charge >= 0.3 is 0 Å². The molecule has 0 unspecified atom stereocenters. The van der Waals surface area contributed by atoms with Gasteiger partial charge in [-0.3, -0.25) is 24.6 Å². The molecule has 2 amide bonds. The van der Waals surface area contributed by atoms with Gasteiger partial charge in [-0.25, -0.2) is 4.39 Å². The van der Waals surface area contributed by atoms with Crippen LogP contribution in [0.2, 0.25) is 0 Å². The molecule has 3 aromatic carbocycles. The fourth-order valence-corrected chi connectivity index (χ4v) is 4.17. The van der Waals surface area contributed by atoms with Crippen LogP contribution in [0.15, 0.2) is 71.6 Å². The summed E-state index contributed by atoms with van der Waals surface area (Å²) in [5, 5.41) is 10.4. The number of ether oxygens (including phenoxy) is 2. The van der Waals surface area contributed by atoms with Crippen molar-refractivity contribution in [2.24, 2.45) is 0 Å². The number of hydrogen-bond donors (Lipinski definition) is 0. The van der Waals surface area contributed by atoms with E-state index in [2.05, 4.69) is 0 Å². The van der Waals surface area contributed by atoms with Gasteiger partial charge in [-0.2, -0.15) is 0 Å². The Bertz CT molecular complexity index is 1310. The third-order valence-electron chi connectivity index (χ3n) is 5.15. The van der Waals surface area contributed by atoms with Crippen LogP contribution in [0.5, 0.6) is 11.5 Å². The fraction of sp³-hybridized carbons (Fsp3) is 0.120. The minimum atomic E-state index is -0.474. The largest absolute Gasteiger partial charge is 0.493 e. The summed E-state index contributed by atoms with van der Waals surface area (Å²) in [4.78, 5) is 36.9. The van der Waals surface area contributed by atoms with Crippen molar-refractivity contribution in [3.8, 4) is 11.5 Å². The summed E-state index contributed by atoms with van der Waals surface area (Å²) in [6.45, 7) is 0.195. The number of nitro groups is 1. The van der Waals surface area contributed by atoms with Gasteiger partial charge in [0.1, 0.15) is 12.4 Å². The number of carbonyl (C=O) groups is 2. The van der Waals surface area contributed by atoms with E-state index < -0.39 is 21.9 Å². The normalized spacial score (nSPS) is 14.5. The van der Waals surface area contributed by atoms with Crippen molar-refractivity contribution in [3.05, 3.63) is 104 Å². The van der Waals surface area contributed by atoms with Crippen LogP contribution in [0.3, 0.4) is 0 Å². The van der Waals surface area contributed by atoms with Crippen LogP contribution in [0.25, 0.3) is 6.08 Å². The average molecular weight is 495 g/mol. The molecule has 0 N–H and O–H groups in total. The first-order valence-electron chi connectivity index (χ1n) is 10.4. The van der Waals surface area contributed by atoms with E-state index in [1.165, 1.54) is 43.5 Å². The molecule has 0 spiro atoms. The number of benzene rings is 3. The highest BCUT2D eigenvalue weighted by Gasteiger charge is 2.35. The third kappa shape index (κ3) is 5.67. The number of nitrogens with zero attached hydrogens (tertiary/aromatic N) is 2. The Balaban J connectivity index is 1.49. The molecule has 1 saturated heterocycles. The zero-order valence-electron chi connectivity index (χ0n) is 18.5. The number of imide groups is 1. The summed E-state index contributed by atoms with van der Waals surface area (Å²) >= 11 is 0.826. The van der Waals surface area contributed by atoms with Crippen LogP contribution < -0.4 is 9.47 Å². The van der Waals surface area contributed by atoms with Gasteiger partial charge in [0.2, 0.25) is 0 Å². The summed E-state index contributed by atoms with van der Waals surface area (Å²) in [5.74, 6) is 0.0426. The molecule has 8 nitrogen and oxygen atoms in total. The van der Waals surface area contributed by atoms with E-state index in [1.807, 2.05) is 0 Å². The van der Waals surface area contributed by atoms with E-state index in [1.54, 1.807) is 36.4 Å². The second-order valence-electron chi connectivity index (χ2n) is 7.52. The Labute approximate surface area is 204 Å². The lowest BCUT2D eigenvalue weighted by atomic mass is 10.1. The van der Waals surface area contributed by atoms with Gasteiger partial charge in [0.05, 0.1) is 23.5 Å². The van der Waals surface area contributed by atoms with Crippen LogP contribution in [-0.4, -0.2) is 28.1 Å². The van der Waals surface area contributed by atoms with Crippen molar-refractivity contribution in [2.45, 2.75) is 13.2 Å². The number of hydrogen-bond acceptors (Lipinski definition) is 7. The molecule has 1 fully saturated rings. The molecule has 1 heterocycles. The molecule has 0 aliphatic carbocycles. The predicted molar refractivity (Wildman–Crippen MR) is 128 cm³/mol. The highest BCUT2D eigenvalue weighted by Crippen LogP contribution is 2.35. The number of halogens is 1. The summed E-state index contributed by atoms with van der Waals surface area (Å²) < 4.78 is 24.3. The molecule has 0 radical (unpaired) electrons. The second kappa shape index (κ2) is 10.4. The fourth-order valence-electron chi connectivity index (χ4n) is 3.33. The van der Waals surface area contributed by atoms with Crippen molar-refractivity contribution in [1.82, 2.24) is 4.90 Å². The number of methoxy groups -OCH3 is 1. The second-order valence-corrected chi connectivity index (χ2v) is 8.51. The molecular weight excluding hydrogens is 475 g/mol. The van der Waals surface area contributed by atoms with E-state index in [0.29, 0.717) is 22.6 Å². The smallest absolute Gasteiger partial charge is 0.293 e. The summed E-state index contributed by atoms with van der Waals surface area (Å²) in [6.07, 6.45) is 1.59. The summed E-state index contributed by atoms with van der Waals surface area (Å²) in [7, 11) is 1.49. The molecule has 0 bridgehead atoms. The van der Waals surface area contributed by atoms with Crippen molar-refractivity contribution in [3.63, 3.8) is 0 Å². The van der Waals surface area contributed by atoms with E-state index in [4.69, 9.17) is 9.47 Å². The number of thioether (sulfide) groups is 1. The van der Waals surface area contributed by atoms with Gasteiger partial charge in [0.15, 0.2) is 11.5 Å². The lowest BCUT2D eigenvalue weighted by Crippen LogP contribution is -2.27. The van der Waals surface area contributed by atoms with E-state index >= 15 is 0 Å². The van der Waals surface area contributed by atoms with Gasteiger partial charge in [0, 0.05) is 12.1 Å². The van der Waals surface area contributed by atoms with Crippen LogP contribution >= 0.6 is 11.8 Å². The minimum Gasteiger partial charge on any atom is -0.493 e. The molecule has 35 heavy (non-hydrogen) atoms. The van der Waals surface area contributed by atoms with Crippen molar-refractivity contribution < 1.29 is 28.4 Å². The van der Waals surface area contributed by atoms with E-state index in [9.17, 15) is 24.1 Å². The highest BCUT2D eigenvalue weighted by molar-refractivity contribution is 8.18. The van der Waals surface area contributed by atoms with Gasteiger partial charge < -0.3 is 9.47 Å². The molecule has 3 aromatic rings. The molecule has 0 atom stereocenters. The molecule has 4 rings (SSSR count). The molecule has 178 valence electrons. The van der Waals surface area contributed by atoms with Crippen LogP contribution in [0, 0.1) is 15.9 Å². The SMILES string of the molecule is COc1ccc(/C=C2\SC(=O)N(Cc3ccc(F)cc3)C2=O)cc1OCc1ccc([N+](=O)[O-])cc1. The van der Waals surface area contributed by atoms with Crippen molar-refractivity contribution >= 4 is 34.7 Å². The van der Waals surface area contributed by atoms with Gasteiger partial charge in [-0.1, -0.05) is 18.2 Å². The van der Waals surface area contributed by atoms with Crippen LogP contribution in [-0.2, 0) is 17.9 Å². The predicted octanol–water partition coefficient (Wildman–Crippen LogP) is 5.56. The number of carbonyl (C=O) groups excluding carboxylic acids is 2. The molecule has 1 aliphatic heterocycles. The maximum atomic E-state index is 13.1. The molecular formula is C25H19FN2O6S. The molecule has 0 saturated carbocycles. The Morgan fingerprint density at radius 3 is 2.34 bits per heavy atom. The van der Waals surface area contributed by atoms with Crippen molar-refractivity contribution in [2.75, 3.05) is 7.11 Å². The van der Waals surface area contributed by atoms with Crippen LogP contribution in [0.1, 0.15) is 16.7 Å². The Morgan fingerprint density at radius 2 is 1.69 bits per heavy atom. The Morgan fingerprint density at radius 1 is 1.00 bits per heavy atom. The van der Waals surface area contributed by atoms with Crippen molar-refractivity contribution in [1.29, 1.82) is 0 Å². The first-order valence-corrected chi connectivity index (χ1v) is 11.2. The number of amides is 2. The number of rotatable bonds is 8. The minimum absolute atomic E-state index is 0.0123. The lowest BCUT2D eigenvalue weighted by Gasteiger charge is -2.12. The van der Waals surface area contributed by atoms with E-state index in [0.717, 1.165) is 22.2 Å². The summed E-state index contributed by atoms with van der Waals surface area (Å²) in [5.41, 5.74) is 1.98. The maximum Gasteiger partial charge on any atom is 0.293 e. The molecule has 10 heteroatoms. The lowest BCUT2D eigenvalue weighted by molar-refractivity contribution is -0.384. The standard InChI is InChI=1S/C25H19FN2O6S/c1-33-21-11-6-18(12-22(21)34-15-17-4-9-20(10-5-17)28(31)32)13-23-24(29)27(25(30)35-23)14-16-2-7-19(26)8-3-16/h2-13H,14-15H2,1H3/b23-13-. The Kier molecular flexibility index (Phi) is 7.11. The average Bonchev–Trinajstić information content (AvgIpc) is 3.11. The number of non-ortho nitro benzene ring substituents is 1. The highest BCUT2D eigenvalue weighted by atomic mass is 32.2. The zero-order chi connectivity index (χ0) is 24.9. The topological polar surface area (TPSA) is 99.0 Å².